The second-order valence-corrected chi connectivity index (χ2v) is 5.23. The molecule has 0 aliphatic carbocycles. The normalized spacial score (nSPS) is 15.7. The van der Waals surface area contributed by atoms with Crippen molar-refractivity contribution in [2.24, 2.45) is 4.99 Å². The van der Waals surface area contributed by atoms with Gasteiger partial charge in [-0.15, -0.1) is 0 Å². The van der Waals surface area contributed by atoms with Gasteiger partial charge in [-0.25, -0.2) is 13.8 Å². The van der Waals surface area contributed by atoms with Crippen molar-refractivity contribution in [2.45, 2.75) is 12.8 Å². The average molecular weight is 312 g/mol. The van der Waals surface area contributed by atoms with Gasteiger partial charge in [-0.3, -0.25) is 4.79 Å². The molecule has 1 heterocycles. The smallest absolute Gasteiger partial charge is 0.275 e. The van der Waals surface area contributed by atoms with E-state index >= 15 is 0 Å². The Kier molecular flexibility index (Phi) is 4.28. The summed E-state index contributed by atoms with van der Waals surface area (Å²) >= 11 is 0. The van der Waals surface area contributed by atoms with Crippen LogP contribution < -0.4 is 5.32 Å². The first-order valence-electron chi connectivity index (χ1n) is 7.21. The van der Waals surface area contributed by atoms with Crippen LogP contribution in [0.15, 0.2) is 59.2 Å². The summed E-state index contributed by atoms with van der Waals surface area (Å²) < 4.78 is 26.3. The van der Waals surface area contributed by atoms with Gasteiger partial charge < -0.3 is 5.32 Å². The topological polar surface area (TPSA) is 41.5 Å². The monoisotopic (exact) mass is 312 g/mol. The van der Waals surface area contributed by atoms with Crippen LogP contribution in [0.25, 0.3) is 6.08 Å². The highest BCUT2D eigenvalue weighted by molar-refractivity contribution is 6.14. The van der Waals surface area contributed by atoms with Gasteiger partial charge in [0.2, 0.25) is 0 Å². The van der Waals surface area contributed by atoms with Crippen LogP contribution in [-0.4, -0.2) is 11.7 Å². The molecule has 116 valence electrons. The number of nitrogens with one attached hydrogen (secondary N) is 1. The van der Waals surface area contributed by atoms with Gasteiger partial charge in [-0.2, -0.15) is 0 Å². The minimum Gasteiger partial charge on any atom is -0.309 e. The molecule has 1 amide bonds. The fraction of sp³-hybridized carbons (Fsp3) is 0.111. The van der Waals surface area contributed by atoms with Crippen LogP contribution in [-0.2, 0) is 11.2 Å². The van der Waals surface area contributed by atoms with Gasteiger partial charge in [0.05, 0.1) is 0 Å². The van der Waals surface area contributed by atoms with E-state index in [1.54, 1.807) is 18.2 Å². The lowest BCUT2D eigenvalue weighted by Gasteiger charge is -2.01. The van der Waals surface area contributed by atoms with Gasteiger partial charge in [0.25, 0.3) is 5.91 Å². The van der Waals surface area contributed by atoms with Crippen molar-refractivity contribution < 1.29 is 13.6 Å². The maximum atomic E-state index is 13.2. The van der Waals surface area contributed by atoms with E-state index in [0.717, 1.165) is 5.56 Å². The minimum atomic E-state index is -0.368. The number of halogens is 2. The van der Waals surface area contributed by atoms with Crippen molar-refractivity contribution in [1.82, 2.24) is 5.32 Å². The van der Waals surface area contributed by atoms with Gasteiger partial charge in [-0.1, -0.05) is 24.3 Å². The molecule has 3 nitrogen and oxygen atoms in total. The first-order valence-corrected chi connectivity index (χ1v) is 7.21. The third kappa shape index (κ3) is 3.88. The zero-order chi connectivity index (χ0) is 16.2. The van der Waals surface area contributed by atoms with Crippen LogP contribution >= 0.6 is 0 Å². The van der Waals surface area contributed by atoms with Crippen LogP contribution in [0.2, 0.25) is 0 Å². The Hall–Kier alpha value is -2.82. The Bertz CT molecular complexity index is 812. The highest BCUT2D eigenvalue weighted by atomic mass is 19.1. The quantitative estimate of drug-likeness (QED) is 0.863. The molecule has 0 bridgehead atoms. The molecule has 0 spiro atoms. The molecule has 0 radical (unpaired) electrons. The molecule has 1 aliphatic heterocycles. The number of carbonyl (C=O) groups is 1. The van der Waals surface area contributed by atoms with E-state index in [4.69, 9.17) is 0 Å². The summed E-state index contributed by atoms with van der Waals surface area (Å²) in [6.45, 7) is 0. The predicted molar refractivity (Wildman–Crippen MR) is 84.7 cm³/mol. The Morgan fingerprint density at radius 2 is 1.74 bits per heavy atom. The largest absolute Gasteiger partial charge is 0.309 e. The molecule has 0 saturated heterocycles. The van der Waals surface area contributed by atoms with Crippen LogP contribution in [0.4, 0.5) is 8.78 Å². The molecule has 0 fully saturated rings. The lowest BCUT2D eigenvalue weighted by molar-refractivity contribution is -0.115. The standard InChI is InChI=1S/C18H14F2N2O/c19-14-5-1-3-12(9-14)7-8-17-21-16(18(23)22-17)11-13-4-2-6-15(20)10-13/h1-6,9-11H,7-8H2,(H,21,22,23)/b16-11+. The van der Waals surface area contributed by atoms with Gasteiger partial charge in [0.15, 0.2) is 0 Å². The third-order valence-electron chi connectivity index (χ3n) is 3.44. The summed E-state index contributed by atoms with van der Waals surface area (Å²) in [6, 6.07) is 12.3. The van der Waals surface area contributed by atoms with Gasteiger partial charge >= 0.3 is 0 Å². The number of amides is 1. The number of aliphatic imine (C=N–C) groups is 1. The van der Waals surface area contributed by atoms with Gasteiger partial charge in [0.1, 0.15) is 23.2 Å². The van der Waals surface area contributed by atoms with Gasteiger partial charge in [-0.05, 0) is 47.9 Å². The molecule has 0 saturated carbocycles. The molecule has 23 heavy (non-hydrogen) atoms. The maximum absolute atomic E-state index is 13.2. The Labute approximate surface area is 132 Å². The molecule has 0 unspecified atom stereocenters. The number of rotatable bonds is 4. The van der Waals surface area contributed by atoms with Crippen molar-refractivity contribution in [3.63, 3.8) is 0 Å². The summed E-state index contributed by atoms with van der Waals surface area (Å²) in [5, 5.41) is 2.68. The summed E-state index contributed by atoms with van der Waals surface area (Å²) in [6.07, 6.45) is 2.60. The number of nitrogens with zero attached hydrogens (tertiary/aromatic N) is 1. The second-order valence-electron chi connectivity index (χ2n) is 5.23. The average Bonchev–Trinajstić information content (AvgIpc) is 2.86. The first-order chi connectivity index (χ1) is 11.1. The number of benzene rings is 2. The lowest BCUT2D eigenvalue weighted by atomic mass is 10.1. The van der Waals surface area contributed by atoms with E-state index < -0.39 is 0 Å². The van der Waals surface area contributed by atoms with E-state index in [9.17, 15) is 13.6 Å². The highest BCUT2D eigenvalue weighted by Crippen LogP contribution is 2.15. The van der Waals surface area contributed by atoms with Crippen molar-refractivity contribution in [2.75, 3.05) is 0 Å². The van der Waals surface area contributed by atoms with Gasteiger partial charge in [0, 0.05) is 6.42 Å². The SMILES string of the molecule is O=C1NC(CCc2cccc(F)c2)=N/C1=C/c1cccc(F)c1. The molecular weight excluding hydrogens is 298 g/mol. The summed E-state index contributed by atoms with van der Waals surface area (Å²) in [5.74, 6) is -0.440. The maximum Gasteiger partial charge on any atom is 0.275 e. The number of hydrogen-bond acceptors (Lipinski definition) is 2. The summed E-state index contributed by atoms with van der Waals surface area (Å²) in [5.41, 5.74) is 1.65. The zero-order valence-electron chi connectivity index (χ0n) is 12.2. The molecular formula is C18H14F2N2O. The molecule has 3 rings (SSSR count). The summed E-state index contributed by atoms with van der Waals surface area (Å²) in [4.78, 5) is 16.1. The van der Waals surface area contributed by atoms with E-state index in [1.165, 1.54) is 30.3 Å². The van der Waals surface area contributed by atoms with Crippen molar-refractivity contribution in [3.05, 3.63) is 77.0 Å². The summed E-state index contributed by atoms with van der Waals surface area (Å²) in [7, 11) is 0. The second kappa shape index (κ2) is 6.52. The highest BCUT2D eigenvalue weighted by Gasteiger charge is 2.19. The Morgan fingerprint density at radius 3 is 2.48 bits per heavy atom. The number of carbonyl (C=O) groups excluding carboxylic acids is 1. The van der Waals surface area contributed by atoms with Crippen LogP contribution in [0.1, 0.15) is 17.5 Å². The molecule has 0 aromatic heterocycles. The molecule has 2 aromatic rings. The number of amidine groups is 1. The molecule has 1 aliphatic rings. The lowest BCUT2D eigenvalue weighted by Crippen LogP contribution is -2.24. The fourth-order valence-electron chi connectivity index (χ4n) is 2.34. The van der Waals surface area contributed by atoms with E-state index in [0.29, 0.717) is 24.2 Å². The van der Waals surface area contributed by atoms with E-state index in [1.807, 2.05) is 6.07 Å². The third-order valence-corrected chi connectivity index (χ3v) is 3.44. The van der Waals surface area contributed by atoms with Crippen LogP contribution in [0.5, 0.6) is 0 Å². The first kappa shape index (κ1) is 15.1. The molecule has 5 heteroatoms. The van der Waals surface area contributed by atoms with Crippen LogP contribution in [0.3, 0.4) is 0 Å². The van der Waals surface area contributed by atoms with E-state index in [-0.39, 0.29) is 23.2 Å². The number of aryl methyl sites for hydroxylation is 1. The number of hydrogen-bond donors (Lipinski definition) is 1. The van der Waals surface area contributed by atoms with Crippen molar-refractivity contribution in [3.8, 4) is 0 Å². The van der Waals surface area contributed by atoms with Crippen molar-refractivity contribution >= 4 is 17.8 Å². The molecule has 0 atom stereocenters. The Balaban J connectivity index is 1.71. The van der Waals surface area contributed by atoms with E-state index in [2.05, 4.69) is 10.3 Å². The van der Waals surface area contributed by atoms with Crippen LogP contribution in [0, 0.1) is 11.6 Å². The molecule has 1 N–H and O–H groups in total. The van der Waals surface area contributed by atoms with Crippen molar-refractivity contribution in [1.29, 1.82) is 0 Å². The minimum absolute atomic E-state index is 0.241. The molecule has 2 aromatic carbocycles. The Morgan fingerprint density at radius 1 is 1.00 bits per heavy atom. The zero-order valence-corrected chi connectivity index (χ0v) is 12.2. The predicted octanol–water partition coefficient (Wildman–Crippen LogP) is 3.47. The fourth-order valence-corrected chi connectivity index (χ4v) is 2.34.